The Balaban J connectivity index is 2.86. The molecule has 0 saturated carbocycles. The summed E-state index contributed by atoms with van der Waals surface area (Å²) in [5, 5.41) is 26.3. The molecule has 5 heteroatoms. The van der Waals surface area contributed by atoms with Crippen LogP contribution in [0.2, 0.25) is 0 Å². The fraction of sp³-hybridized carbons (Fsp3) is 0.143. The summed E-state index contributed by atoms with van der Waals surface area (Å²) < 4.78 is 0. The second-order valence-corrected chi connectivity index (χ2v) is 2.49. The molecule has 0 aromatic heterocycles. The van der Waals surface area contributed by atoms with E-state index < -0.39 is 13.3 Å². The van der Waals surface area contributed by atoms with E-state index in [1.807, 2.05) is 0 Å². The lowest BCUT2D eigenvalue weighted by molar-refractivity contribution is 0.186. The standard InChI is InChI=1S/C7H10BNO3/c9-7(10)5-1-3-6(4-2-5)8(11)12/h1-4,7,10-12H,9H2. The molecule has 0 bridgehead atoms. The summed E-state index contributed by atoms with van der Waals surface area (Å²) in [6.45, 7) is 0. The fourth-order valence-electron chi connectivity index (χ4n) is 0.865. The van der Waals surface area contributed by atoms with Gasteiger partial charge in [0.1, 0.15) is 6.23 Å². The van der Waals surface area contributed by atoms with Crippen LogP contribution in [-0.4, -0.2) is 22.3 Å². The van der Waals surface area contributed by atoms with Crippen LogP contribution in [0.5, 0.6) is 0 Å². The van der Waals surface area contributed by atoms with Gasteiger partial charge in [0, 0.05) is 0 Å². The molecule has 0 radical (unpaired) electrons. The van der Waals surface area contributed by atoms with Crippen molar-refractivity contribution in [2.45, 2.75) is 6.23 Å². The van der Waals surface area contributed by atoms with Crippen LogP contribution in [-0.2, 0) is 0 Å². The summed E-state index contributed by atoms with van der Waals surface area (Å²) in [7, 11) is -1.48. The van der Waals surface area contributed by atoms with Crippen molar-refractivity contribution >= 4 is 12.6 Å². The summed E-state index contributed by atoms with van der Waals surface area (Å²) in [6, 6.07) is 6.07. The van der Waals surface area contributed by atoms with Gasteiger partial charge in [-0.05, 0) is 11.0 Å². The Morgan fingerprint density at radius 3 is 2.00 bits per heavy atom. The van der Waals surface area contributed by atoms with Gasteiger partial charge in [-0.1, -0.05) is 24.3 Å². The van der Waals surface area contributed by atoms with Gasteiger partial charge in [-0.15, -0.1) is 0 Å². The molecule has 0 spiro atoms. The monoisotopic (exact) mass is 167 g/mol. The Kier molecular flexibility index (Phi) is 2.83. The van der Waals surface area contributed by atoms with Crippen molar-refractivity contribution in [1.82, 2.24) is 0 Å². The lowest BCUT2D eigenvalue weighted by Crippen LogP contribution is -2.29. The van der Waals surface area contributed by atoms with Crippen molar-refractivity contribution in [3.63, 3.8) is 0 Å². The first kappa shape index (κ1) is 9.21. The van der Waals surface area contributed by atoms with E-state index in [4.69, 9.17) is 20.9 Å². The minimum absolute atomic E-state index is 0.374. The predicted octanol–water partition coefficient (Wildman–Crippen LogP) is -1.68. The van der Waals surface area contributed by atoms with Crippen molar-refractivity contribution in [2.75, 3.05) is 0 Å². The van der Waals surface area contributed by atoms with E-state index in [0.29, 0.717) is 11.0 Å². The average molecular weight is 167 g/mol. The summed E-state index contributed by atoms with van der Waals surface area (Å²) in [4.78, 5) is 0. The average Bonchev–Trinajstić information content (AvgIpc) is 2.04. The number of rotatable bonds is 2. The summed E-state index contributed by atoms with van der Waals surface area (Å²) in [6.07, 6.45) is -1.02. The molecular formula is C7H10BNO3. The first-order chi connectivity index (χ1) is 5.61. The van der Waals surface area contributed by atoms with E-state index in [2.05, 4.69) is 0 Å². The van der Waals surface area contributed by atoms with E-state index in [9.17, 15) is 0 Å². The summed E-state index contributed by atoms with van der Waals surface area (Å²) in [5.41, 5.74) is 6.09. The van der Waals surface area contributed by atoms with Crippen LogP contribution >= 0.6 is 0 Å². The molecule has 4 nitrogen and oxygen atoms in total. The molecule has 0 aliphatic rings. The van der Waals surface area contributed by atoms with Gasteiger partial charge < -0.3 is 20.9 Å². The highest BCUT2D eigenvalue weighted by molar-refractivity contribution is 6.58. The lowest BCUT2D eigenvalue weighted by atomic mass is 9.80. The highest BCUT2D eigenvalue weighted by Gasteiger charge is 2.10. The molecule has 1 unspecified atom stereocenters. The third kappa shape index (κ3) is 2.05. The predicted molar refractivity (Wildman–Crippen MR) is 45.4 cm³/mol. The van der Waals surface area contributed by atoms with E-state index in [1.54, 1.807) is 12.1 Å². The van der Waals surface area contributed by atoms with Crippen molar-refractivity contribution in [3.8, 4) is 0 Å². The SMILES string of the molecule is NC(O)c1ccc(B(O)O)cc1. The largest absolute Gasteiger partial charge is 0.488 e. The maximum atomic E-state index is 8.91. The van der Waals surface area contributed by atoms with Crippen LogP contribution in [0.25, 0.3) is 0 Å². The van der Waals surface area contributed by atoms with E-state index in [-0.39, 0.29) is 0 Å². The summed E-state index contributed by atoms with van der Waals surface area (Å²) in [5.74, 6) is 0. The van der Waals surface area contributed by atoms with Crippen LogP contribution in [0.1, 0.15) is 11.8 Å². The van der Waals surface area contributed by atoms with Crippen LogP contribution in [0.15, 0.2) is 24.3 Å². The molecule has 1 aromatic rings. The first-order valence-corrected chi connectivity index (χ1v) is 3.51. The zero-order valence-corrected chi connectivity index (χ0v) is 6.38. The quantitative estimate of drug-likeness (QED) is 0.313. The zero-order chi connectivity index (χ0) is 9.14. The van der Waals surface area contributed by atoms with Crippen molar-refractivity contribution in [2.24, 2.45) is 5.73 Å². The number of aliphatic hydroxyl groups excluding tert-OH is 1. The Labute approximate surface area is 70.4 Å². The van der Waals surface area contributed by atoms with E-state index in [0.717, 1.165) is 0 Å². The number of nitrogens with two attached hydrogens (primary N) is 1. The molecular weight excluding hydrogens is 157 g/mol. The topological polar surface area (TPSA) is 86.7 Å². The van der Waals surface area contributed by atoms with Gasteiger partial charge in [-0.2, -0.15) is 0 Å². The minimum atomic E-state index is -1.48. The van der Waals surface area contributed by atoms with E-state index >= 15 is 0 Å². The number of benzene rings is 1. The van der Waals surface area contributed by atoms with Crippen LogP contribution in [0, 0.1) is 0 Å². The Morgan fingerprint density at radius 2 is 1.67 bits per heavy atom. The molecule has 1 rings (SSSR count). The maximum Gasteiger partial charge on any atom is 0.488 e. The van der Waals surface area contributed by atoms with Gasteiger partial charge in [-0.25, -0.2) is 0 Å². The third-order valence-electron chi connectivity index (χ3n) is 1.58. The molecule has 1 aromatic carbocycles. The highest BCUT2D eigenvalue weighted by atomic mass is 16.4. The second kappa shape index (κ2) is 3.69. The maximum absolute atomic E-state index is 8.91. The molecule has 12 heavy (non-hydrogen) atoms. The molecule has 0 heterocycles. The number of aliphatic hydroxyl groups is 1. The highest BCUT2D eigenvalue weighted by Crippen LogP contribution is 2.03. The molecule has 0 aliphatic heterocycles. The van der Waals surface area contributed by atoms with Crippen LogP contribution in [0.4, 0.5) is 0 Å². The van der Waals surface area contributed by atoms with Gasteiger partial charge in [-0.3, -0.25) is 0 Å². The van der Waals surface area contributed by atoms with Crippen molar-refractivity contribution in [1.29, 1.82) is 0 Å². The smallest absolute Gasteiger partial charge is 0.423 e. The first-order valence-electron chi connectivity index (χ1n) is 3.51. The minimum Gasteiger partial charge on any atom is -0.423 e. The number of hydrogen-bond acceptors (Lipinski definition) is 4. The molecule has 0 fully saturated rings. The molecule has 64 valence electrons. The lowest BCUT2D eigenvalue weighted by Gasteiger charge is -2.05. The Bertz CT molecular complexity index is 220. The van der Waals surface area contributed by atoms with E-state index in [1.165, 1.54) is 12.1 Å². The molecule has 0 amide bonds. The molecule has 5 N–H and O–H groups in total. The molecule has 1 atom stereocenters. The normalized spacial score (nSPS) is 12.7. The Hall–Kier alpha value is -0.875. The van der Waals surface area contributed by atoms with Crippen LogP contribution in [0.3, 0.4) is 0 Å². The molecule has 0 aliphatic carbocycles. The van der Waals surface area contributed by atoms with Gasteiger partial charge in [0.25, 0.3) is 0 Å². The fourth-order valence-corrected chi connectivity index (χ4v) is 0.865. The third-order valence-corrected chi connectivity index (χ3v) is 1.58. The molecule has 0 saturated heterocycles. The van der Waals surface area contributed by atoms with Gasteiger partial charge in [0.15, 0.2) is 0 Å². The Morgan fingerprint density at radius 1 is 1.17 bits per heavy atom. The second-order valence-electron chi connectivity index (χ2n) is 2.49. The van der Waals surface area contributed by atoms with Crippen LogP contribution < -0.4 is 11.2 Å². The van der Waals surface area contributed by atoms with Crippen molar-refractivity contribution in [3.05, 3.63) is 29.8 Å². The zero-order valence-electron chi connectivity index (χ0n) is 6.38. The van der Waals surface area contributed by atoms with Gasteiger partial charge in [0.2, 0.25) is 0 Å². The van der Waals surface area contributed by atoms with Gasteiger partial charge >= 0.3 is 7.12 Å². The summed E-state index contributed by atoms with van der Waals surface area (Å²) >= 11 is 0. The number of hydrogen-bond donors (Lipinski definition) is 4. The van der Waals surface area contributed by atoms with Crippen molar-refractivity contribution < 1.29 is 15.2 Å². The van der Waals surface area contributed by atoms with Gasteiger partial charge in [0.05, 0.1) is 0 Å².